The standard InChI is InChI=1S/C70H50B2N2/c1-39-31-41(3)69(42(4)32-39)73-59-27-15-13-25-55(59)71-57-37-53-50(46-21-11-8-12-22-46)36-52-48-24-18-30-62-68(48)72(56-26-14-16-28-60(56)74(62)70-43(5)33-40(2)34-44(70)6)58-38-54-49(45-19-9-7-10-20-45)35-51(47-23-17-29-61(73)67(47)71)63(57)65(54)66(53)64(52)58/h7-38H,1-6H3. The van der Waals surface area contributed by atoms with E-state index >= 15 is 0 Å². The Morgan fingerprint density at radius 1 is 0.284 bits per heavy atom. The van der Waals surface area contributed by atoms with Crippen LogP contribution in [-0.2, 0) is 0 Å². The van der Waals surface area contributed by atoms with Crippen LogP contribution in [0.3, 0.4) is 0 Å². The zero-order valence-electron chi connectivity index (χ0n) is 42.5. The van der Waals surface area contributed by atoms with E-state index in [9.17, 15) is 0 Å². The molecule has 0 amide bonds. The van der Waals surface area contributed by atoms with Crippen LogP contribution < -0.4 is 42.6 Å². The van der Waals surface area contributed by atoms with Crippen LogP contribution in [0.2, 0.25) is 0 Å². The van der Waals surface area contributed by atoms with Crippen LogP contribution in [-0.4, -0.2) is 13.4 Å². The second-order valence-electron chi connectivity index (χ2n) is 21.8. The zero-order valence-corrected chi connectivity index (χ0v) is 42.5. The van der Waals surface area contributed by atoms with Gasteiger partial charge in [-0.2, -0.15) is 0 Å². The van der Waals surface area contributed by atoms with E-state index in [-0.39, 0.29) is 13.4 Å². The molecule has 16 rings (SSSR count). The third-order valence-corrected chi connectivity index (χ3v) is 17.5. The predicted molar refractivity (Wildman–Crippen MR) is 319 cm³/mol. The van der Waals surface area contributed by atoms with Crippen molar-refractivity contribution in [3.05, 3.63) is 228 Å². The Labute approximate surface area is 433 Å². The van der Waals surface area contributed by atoms with Crippen molar-refractivity contribution in [2.24, 2.45) is 0 Å². The number of hydrogen-bond acceptors (Lipinski definition) is 2. The van der Waals surface area contributed by atoms with Crippen LogP contribution in [0.4, 0.5) is 34.1 Å². The molecule has 0 fully saturated rings. The lowest BCUT2D eigenvalue weighted by Gasteiger charge is -2.43. The Bertz CT molecular complexity index is 4130. The summed E-state index contributed by atoms with van der Waals surface area (Å²) in [7, 11) is 0. The maximum absolute atomic E-state index is 2.66. The molecule has 0 aromatic heterocycles. The number of hydrogen-bond donors (Lipinski definition) is 0. The normalized spacial score (nSPS) is 13.4. The molecule has 346 valence electrons. The average Bonchev–Trinajstić information content (AvgIpc) is 3.51. The summed E-state index contributed by atoms with van der Waals surface area (Å²) in [5, 5.41) is 8.17. The lowest BCUT2D eigenvalue weighted by Crippen LogP contribution is -2.60. The molecule has 2 nitrogen and oxygen atoms in total. The largest absolute Gasteiger partial charge is 0.311 e. The highest BCUT2D eigenvalue weighted by atomic mass is 15.2. The monoisotopic (exact) mass is 940 g/mol. The Kier molecular flexibility index (Phi) is 8.51. The molecule has 0 saturated heterocycles. The minimum Gasteiger partial charge on any atom is -0.311 e. The van der Waals surface area contributed by atoms with Gasteiger partial charge in [0, 0.05) is 22.7 Å². The maximum atomic E-state index is 2.66. The SMILES string of the molecule is Cc1cc(C)c(N2c3ccccc3B3c4c(cccc42)-c2cc(-c4ccccc4)c4cc5c6c(cc(-c7ccccc7)c7cc3c2c4c76)-c2cccc3c2B5c2ccccc2N3c2c(C)cc(C)cc2C)c(C)c1. The van der Waals surface area contributed by atoms with Crippen molar-refractivity contribution in [1.29, 1.82) is 0 Å². The first-order valence-electron chi connectivity index (χ1n) is 26.4. The van der Waals surface area contributed by atoms with Crippen LogP contribution in [0, 0.1) is 41.5 Å². The summed E-state index contributed by atoms with van der Waals surface area (Å²) in [4.78, 5) is 5.18. The van der Waals surface area contributed by atoms with Crippen molar-refractivity contribution in [3.63, 3.8) is 0 Å². The minimum absolute atomic E-state index is 0.0187. The first-order chi connectivity index (χ1) is 36.2. The van der Waals surface area contributed by atoms with Crippen molar-refractivity contribution in [1.82, 2.24) is 0 Å². The van der Waals surface area contributed by atoms with E-state index in [0.29, 0.717) is 0 Å². The van der Waals surface area contributed by atoms with E-state index in [4.69, 9.17) is 0 Å². The molecule has 0 aliphatic carbocycles. The van der Waals surface area contributed by atoms with Crippen molar-refractivity contribution < 1.29 is 0 Å². The smallest absolute Gasteiger partial charge is 0.248 e. The maximum Gasteiger partial charge on any atom is 0.248 e. The van der Waals surface area contributed by atoms with E-state index in [1.54, 1.807) is 0 Å². The Morgan fingerprint density at radius 2 is 0.649 bits per heavy atom. The summed E-state index contributed by atoms with van der Waals surface area (Å²) in [6, 6.07) is 75.1. The summed E-state index contributed by atoms with van der Waals surface area (Å²) < 4.78 is 0. The second-order valence-corrected chi connectivity index (χ2v) is 21.8. The number of benzene rings is 12. The van der Waals surface area contributed by atoms with Gasteiger partial charge in [0.15, 0.2) is 0 Å². The third-order valence-electron chi connectivity index (χ3n) is 17.5. The van der Waals surface area contributed by atoms with Crippen LogP contribution in [0.25, 0.3) is 76.8 Å². The molecule has 4 aliphatic heterocycles. The number of para-hydroxylation sites is 2. The number of anilines is 6. The van der Waals surface area contributed by atoms with Gasteiger partial charge in [-0.15, -0.1) is 0 Å². The van der Waals surface area contributed by atoms with Gasteiger partial charge in [-0.3, -0.25) is 0 Å². The van der Waals surface area contributed by atoms with Gasteiger partial charge in [-0.05, 0) is 199 Å². The minimum atomic E-state index is 0.0187. The number of fused-ring (bicyclic) bond motifs is 8. The van der Waals surface area contributed by atoms with Crippen LogP contribution in [0.5, 0.6) is 0 Å². The van der Waals surface area contributed by atoms with Gasteiger partial charge in [-0.25, -0.2) is 0 Å². The summed E-state index contributed by atoms with van der Waals surface area (Å²) in [6.45, 7) is 13.6. The van der Waals surface area contributed by atoms with Crippen molar-refractivity contribution in [3.8, 4) is 44.5 Å². The second kappa shape index (κ2) is 15.0. The molecular formula is C70H50B2N2. The van der Waals surface area contributed by atoms with E-state index in [1.807, 2.05) is 0 Å². The molecule has 0 N–H and O–H groups in total. The summed E-state index contributed by atoms with van der Waals surface area (Å²) in [6.07, 6.45) is 0. The van der Waals surface area contributed by atoms with E-state index < -0.39 is 0 Å². The highest BCUT2D eigenvalue weighted by Crippen LogP contribution is 2.53. The first kappa shape index (κ1) is 42.0. The molecule has 0 radical (unpaired) electrons. The highest BCUT2D eigenvalue weighted by Gasteiger charge is 2.46. The fraction of sp³-hybridized carbons (Fsp3) is 0.0857. The highest BCUT2D eigenvalue weighted by molar-refractivity contribution is 7.02. The van der Waals surface area contributed by atoms with Gasteiger partial charge in [0.2, 0.25) is 13.4 Å². The lowest BCUT2D eigenvalue weighted by molar-refractivity contribution is 1.21. The molecular weight excluding hydrogens is 890 g/mol. The van der Waals surface area contributed by atoms with Gasteiger partial charge in [0.25, 0.3) is 0 Å². The lowest BCUT2D eigenvalue weighted by atomic mass is 9.31. The molecule has 4 aliphatic rings. The molecule has 4 heterocycles. The molecule has 0 atom stereocenters. The van der Waals surface area contributed by atoms with E-state index in [2.05, 4.69) is 245 Å². The number of rotatable bonds is 4. The molecule has 0 unspecified atom stereocenters. The molecule has 12 aromatic rings. The fourth-order valence-electron chi connectivity index (χ4n) is 15.1. The number of nitrogens with zero attached hydrogens (tertiary/aromatic N) is 2. The quantitative estimate of drug-likeness (QED) is 0.128. The van der Waals surface area contributed by atoms with E-state index in [0.717, 1.165) is 0 Å². The van der Waals surface area contributed by atoms with Gasteiger partial charge >= 0.3 is 0 Å². The molecule has 0 bridgehead atoms. The predicted octanol–water partition coefficient (Wildman–Crippen LogP) is 14.3. The van der Waals surface area contributed by atoms with Crippen LogP contribution >= 0.6 is 0 Å². The average molecular weight is 941 g/mol. The third kappa shape index (κ3) is 5.42. The van der Waals surface area contributed by atoms with Crippen molar-refractivity contribution in [2.45, 2.75) is 41.5 Å². The fourth-order valence-corrected chi connectivity index (χ4v) is 15.1. The first-order valence-corrected chi connectivity index (χ1v) is 26.4. The Hall–Kier alpha value is -8.59. The van der Waals surface area contributed by atoms with Gasteiger partial charge in [-0.1, -0.05) is 180 Å². The summed E-state index contributed by atoms with van der Waals surface area (Å²) in [5.41, 5.74) is 33.9. The summed E-state index contributed by atoms with van der Waals surface area (Å²) in [5.74, 6) is 0. The molecule has 0 spiro atoms. The zero-order chi connectivity index (χ0) is 49.4. The Balaban J connectivity index is 1.09. The van der Waals surface area contributed by atoms with Gasteiger partial charge in [0.1, 0.15) is 0 Å². The topological polar surface area (TPSA) is 6.48 Å². The van der Waals surface area contributed by atoms with Gasteiger partial charge in [0.05, 0.1) is 11.4 Å². The van der Waals surface area contributed by atoms with Crippen LogP contribution in [0.1, 0.15) is 33.4 Å². The van der Waals surface area contributed by atoms with E-state index in [1.165, 1.54) is 177 Å². The molecule has 74 heavy (non-hydrogen) atoms. The van der Waals surface area contributed by atoms with Crippen molar-refractivity contribution in [2.75, 3.05) is 9.80 Å². The van der Waals surface area contributed by atoms with Gasteiger partial charge < -0.3 is 9.80 Å². The summed E-state index contributed by atoms with van der Waals surface area (Å²) >= 11 is 0. The molecule has 0 saturated carbocycles. The molecule has 4 heteroatoms. The van der Waals surface area contributed by atoms with Crippen LogP contribution in [0.15, 0.2) is 194 Å². The van der Waals surface area contributed by atoms with Crippen molar-refractivity contribution >= 4 is 113 Å². The number of aryl methyl sites for hydroxylation is 6. The molecule has 12 aromatic carbocycles. The Morgan fingerprint density at radius 3 is 1.05 bits per heavy atom.